The van der Waals surface area contributed by atoms with Crippen LogP contribution in [0.5, 0.6) is 0 Å². The SMILES string of the molecule is CCSCC[C@H](N)C(=O)CC(=O)C(=O)[O-].CCSCC[C@H](N)C(=O)CC(=O)C(=O)[O-].CCSCC[C@H](N)C(=O)CC(=O)C(=O)[O-].[Ru+3].c1ccc(-c2nc3ccccc3s2)cc1.c1ccc(-c2nc3ccccc3s2)cc1. The summed E-state index contributed by atoms with van der Waals surface area (Å²) >= 11 is 8.38. The van der Waals surface area contributed by atoms with E-state index in [9.17, 15) is 58.5 Å². The van der Waals surface area contributed by atoms with Crippen LogP contribution in [0.3, 0.4) is 0 Å². The molecule has 0 unspecified atom stereocenters. The van der Waals surface area contributed by atoms with Gasteiger partial charge in [-0.1, -0.05) is 106 Å². The van der Waals surface area contributed by atoms with E-state index in [1.54, 1.807) is 58.0 Å². The summed E-state index contributed by atoms with van der Waals surface area (Å²) in [5.74, 6) is -5.79. The average Bonchev–Trinajstić information content (AvgIpc) is 4.05. The molecule has 0 spiro atoms. The number of thioether (sulfide) groups is 3. The van der Waals surface area contributed by atoms with Crippen LogP contribution in [0.2, 0.25) is 0 Å². The number of aromatic nitrogens is 2. The van der Waals surface area contributed by atoms with E-state index in [1.807, 2.05) is 69.3 Å². The Morgan fingerprint density at radius 2 is 0.711 bits per heavy atom. The number of Topliss-reactive ketones (excluding diaryl/α,β-unsaturated/α-hetero) is 6. The molecule has 76 heavy (non-hydrogen) atoms. The van der Waals surface area contributed by atoms with Crippen LogP contribution < -0.4 is 32.5 Å². The third-order valence-electron chi connectivity index (χ3n) is 9.89. The Labute approximate surface area is 475 Å². The first-order chi connectivity index (χ1) is 35.8. The maximum atomic E-state index is 11.2. The van der Waals surface area contributed by atoms with E-state index in [0.29, 0.717) is 19.3 Å². The number of carboxylic acids is 3. The van der Waals surface area contributed by atoms with Gasteiger partial charge in [-0.2, -0.15) is 35.3 Å². The Hall–Kier alpha value is -5.36. The molecule has 407 valence electrons. The summed E-state index contributed by atoms with van der Waals surface area (Å²) in [6, 6.07) is 34.8. The van der Waals surface area contributed by atoms with Crippen molar-refractivity contribution in [3.05, 3.63) is 109 Å². The predicted molar refractivity (Wildman–Crippen MR) is 296 cm³/mol. The zero-order chi connectivity index (χ0) is 55.7. The average molecular weight is 1220 g/mol. The maximum Gasteiger partial charge on any atom is 3.00 e. The number of carbonyl (C=O) groups is 9. The Bertz CT molecular complexity index is 2480. The third-order valence-corrected chi connectivity index (χ3v) is 14.9. The summed E-state index contributed by atoms with van der Waals surface area (Å²) in [5, 5.41) is 32.4. The Morgan fingerprint density at radius 1 is 0.447 bits per heavy atom. The molecule has 17 nitrogen and oxygen atoms in total. The second-order valence-corrected chi connectivity index (χ2v) is 21.8. The zero-order valence-electron chi connectivity index (χ0n) is 42.0. The van der Waals surface area contributed by atoms with Crippen molar-refractivity contribution in [2.24, 2.45) is 17.2 Å². The van der Waals surface area contributed by atoms with Gasteiger partial charge in [-0.3, -0.25) is 28.8 Å². The summed E-state index contributed by atoms with van der Waals surface area (Å²) in [5.41, 5.74) is 21.0. The van der Waals surface area contributed by atoms with E-state index in [2.05, 4.69) is 70.6 Å². The zero-order valence-corrected chi connectivity index (χ0v) is 47.9. The van der Waals surface area contributed by atoms with Crippen molar-refractivity contribution in [2.45, 2.75) is 77.4 Å². The van der Waals surface area contributed by atoms with Crippen LogP contribution in [0.15, 0.2) is 109 Å². The maximum absolute atomic E-state index is 11.2. The number of para-hydroxylation sites is 2. The van der Waals surface area contributed by atoms with Gasteiger partial charge in [0.2, 0.25) is 0 Å². The van der Waals surface area contributed by atoms with Crippen molar-refractivity contribution in [3.63, 3.8) is 0 Å². The van der Waals surface area contributed by atoms with Crippen molar-refractivity contribution >= 4 is 131 Å². The van der Waals surface area contributed by atoms with Crippen LogP contribution in [0.1, 0.15) is 59.3 Å². The van der Waals surface area contributed by atoms with Gasteiger partial charge in [0.05, 0.1) is 57.8 Å². The fourth-order valence-electron chi connectivity index (χ4n) is 5.78. The van der Waals surface area contributed by atoms with Crippen molar-refractivity contribution in [1.29, 1.82) is 0 Å². The molecule has 6 N–H and O–H groups in total. The van der Waals surface area contributed by atoms with E-state index < -0.39 is 90.0 Å². The molecule has 0 saturated carbocycles. The number of hydrogen-bond donors (Lipinski definition) is 3. The van der Waals surface area contributed by atoms with Gasteiger partial charge in [-0.15, -0.1) is 22.7 Å². The van der Waals surface area contributed by atoms with Crippen molar-refractivity contribution < 1.29 is 77.9 Å². The fourth-order valence-corrected chi connectivity index (χ4v) is 9.85. The molecule has 0 amide bonds. The fraction of sp³-hybridized carbons (Fsp3) is 0.340. The predicted octanol–water partition coefficient (Wildman–Crippen LogP) is 4.13. The standard InChI is InChI=1S/2C13H9NS.3C9H15NO4S.Ru/c2*1-2-6-10(7-3-1)13-14-11-8-4-5-9-12(11)15-13;3*1-2-15-4-3-6(10)7(11)5-8(12)9(13)14;/h2*1-9H;3*6H,2-5,10H2,1H3,(H,13,14);/q;;;;;+3/p-3/t;;3*6-;/m..000./s1. The summed E-state index contributed by atoms with van der Waals surface area (Å²) in [7, 11) is 0. The monoisotopic (exact) mass is 1220 g/mol. The molecule has 0 saturated heterocycles. The molecule has 4 aromatic carbocycles. The Morgan fingerprint density at radius 3 is 0.961 bits per heavy atom. The van der Waals surface area contributed by atoms with Crippen LogP contribution in [-0.4, -0.2) is 115 Å². The van der Waals surface area contributed by atoms with Gasteiger partial charge >= 0.3 is 19.5 Å². The van der Waals surface area contributed by atoms with Gasteiger partial charge in [0.15, 0.2) is 34.7 Å². The number of benzene rings is 4. The van der Waals surface area contributed by atoms with Crippen LogP contribution in [0.25, 0.3) is 41.6 Å². The number of hydrogen-bond acceptors (Lipinski definition) is 22. The van der Waals surface area contributed by atoms with E-state index in [4.69, 9.17) is 17.2 Å². The molecule has 6 rings (SSSR count). The molecule has 0 bridgehead atoms. The van der Waals surface area contributed by atoms with Gasteiger partial charge in [0, 0.05) is 11.1 Å². The smallest absolute Gasteiger partial charge is 0.542 e. The topological polar surface area (TPSA) is 327 Å². The molecule has 2 aromatic heterocycles. The summed E-state index contributed by atoms with van der Waals surface area (Å²) in [6.07, 6.45) is -0.631. The van der Waals surface area contributed by atoms with Gasteiger partial charge in [0.25, 0.3) is 0 Å². The number of ketones is 6. The van der Waals surface area contributed by atoms with E-state index in [-0.39, 0.29) is 19.5 Å². The normalized spacial score (nSPS) is 11.4. The number of aliphatic carboxylic acids is 3. The van der Waals surface area contributed by atoms with E-state index >= 15 is 0 Å². The minimum atomic E-state index is -1.83. The molecule has 2 heterocycles. The second-order valence-electron chi connectivity index (χ2n) is 15.5. The largest absolute Gasteiger partial charge is 3.00 e. The van der Waals surface area contributed by atoms with Crippen molar-refractivity contribution in [1.82, 2.24) is 9.97 Å². The van der Waals surface area contributed by atoms with E-state index in [1.165, 1.54) is 20.5 Å². The van der Waals surface area contributed by atoms with Crippen molar-refractivity contribution in [2.75, 3.05) is 34.5 Å². The number of nitrogens with two attached hydrogens (primary N) is 3. The van der Waals surface area contributed by atoms with Crippen LogP contribution >= 0.6 is 58.0 Å². The summed E-state index contributed by atoms with van der Waals surface area (Å²) in [6.45, 7) is 5.95. The minimum absolute atomic E-state index is 0. The van der Waals surface area contributed by atoms with Crippen LogP contribution in [-0.2, 0) is 62.6 Å². The number of thiazole rings is 2. The number of carboxylic acid groups (broad SMARTS) is 3. The Kier molecular flexibility index (Phi) is 35.3. The quantitative estimate of drug-likeness (QED) is 0.0297. The number of nitrogens with zero attached hydrogens (tertiary/aromatic N) is 2. The van der Waals surface area contributed by atoms with Gasteiger partial charge in [-0.25, -0.2) is 9.97 Å². The first-order valence-electron chi connectivity index (χ1n) is 23.5. The molecule has 0 aliphatic rings. The number of fused-ring (bicyclic) bond motifs is 2. The van der Waals surface area contributed by atoms with E-state index in [0.717, 1.165) is 55.6 Å². The molecular weight excluding hydrogens is 1160 g/mol. The van der Waals surface area contributed by atoms with Crippen molar-refractivity contribution in [3.8, 4) is 21.1 Å². The summed E-state index contributed by atoms with van der Waals surface area (Å²) in [4.78, 5) is 105. The van der Waals surface area contributed by atoms with Gasteiger partial charge in [0.1, 0.15) is 27.9 Å². The first kappa shape index (κ1) is 68.7. The molecule has 0 fully saturated rings. The first-order valence-corrected chi connectivity index (χ1v) is 28.5. The third kappa shape index (κ3) is 27.1. The molecular formula is C53H60N5O12RuS5. The van der Waals surface area contributed by atoms with Gasteiger partial charge in [-0.05, 0) is 78.0 Å². The van der Waals surface area contributed by atoms with Crippen LogP contribution in [0.4, 0.5) is 0 Å². The second kappa shape index (κ2) is 39.1. The van der Waals surface area contributed by atoms with Crippen LogP contribution in [0, 0.1) is 0 Å². The van der Waals surface area contributed by atoms with Gasteiger partial charge < -0.3 is 46.9 Å². The number of rotatable bonds is 26. The molecule has 23 heteroatoms. The molecule has 0 aliphatic carbocycles. The molecule has 6 aromatic rings. The molecule has 0 aliphatic heterocycles. The molecule has 3 atom stereocenters. The number of carbonyl (C=O) groups excluding carboxylic acids is 9. The molecule has 1 radical (unpaired) electrons. The minimum Gasteiger partial charge on any atom is -0.542 e. The summed E-state index contributed by atoms with van der Waals surface area (Å²) < 4.78 is 2.49. The Balaban J connectivity index is 0.000000473.